The Morgan fingerprint density at radius 1 is 1.07 bits per heavy atom. The van der Waals surface area contributed by atoms with Gasteiger partial charge in [0, 0.05) is 19.3 Å². The van der Waals surface area contributed by atoms with Gasteiger partial charge in [0.25, 0.3) is 15.9 Å². The molecule has 0 aliphatic heterocycles. The van der Waals surface area contributed by atoms with E-state index in [0.29, 0.717) is 11.3 Å². The molecule has 0 radical (unpaired) electrons. The number of anilines is 1. The lowest BCUT2D eigenvalue weighted by atomic mass is 10.1. The van der Waals surface area contributed by atoms with Crippen LogP contribution in [-0.4, -0.2) is 32.4 Å². The first kappa shape index (κ1) is 19.4. The fourth-order valence-corrected chi connectivity index (χ4v) is 4.50. The second kappa shape index (κ2) is 8.52. The van der Waals surface area contributed by atoms with Crippen LogP contribution in [0, 0.1) is 0 Å². The Hall–Kier alpha value is -2.41. The highest BCUT2D eigenvalue weighted by Gasteiger charge is 2.22. The Kier molecular flexibility index (Phi) is 6.11. The molecule has 6 nitrogen and oxygen atoms in total. The first-order valence-electron chi connectivity index (χ1n) is 9.28. The maximum absolute atomic E-state index is 12.8. The minimum Gasteiger partial charge on any atom is -0.349 e. The maximum Gasteiger partial charge on any atom is 0.264 e. The third-order valence-electron chi connectivity index (χ3n) is 4.94. The fraction of sp³-hybridized carbons (Fsp3) is 0.400. The Bertz CT molecular complexity index is 876. The highest BCUT2D eigenvalue weighted by molar-refractivity contribution is 7.92. The van der Waals surface area contributed by atoms with Crippen molar-refractivity contribution in [3.05, 3.63) is 54.4 Å². The zero-order chi connectivity index (χ0) is 19.3. The SMILES string of the molecule is CN(c1cncc(C(=O)NC2CCCCCC2)c1)S(=O)(=O)c1ccccc1. The van der Waals surface area contributed by atoms with Gasteiger partial charge in [0.2, 0.25) is 0 Å². The zero-order valence-corrected chi connectivity index (χ0v) is 16.3. The van der Waals surface area contributed by atoms with Crippen LogP contribution >= 0.6 is 0 Å². The third-order valence-corrected chi connectivity index (χ3v) is 6.74. The molecule has 0 spiro atoms. The number of carbonyl (C=O) groups excluding carboxylic acids is 1. The van der Waals surface area contributed by atoms with Gasteiger partial charge in [-0.1, -0.05) is 43.9 Å². The Balaban J connectivity index is 1.77. The van der Waals surface area contributed by atoms with Gasteiger partial charge in [-0.2, -0.15) is 0 Å². The number of benzene rings is 1. The number of hydrogen-bond acceptors (Lipinski definition) is 4. The van der Waals surface area contributed by atoms with Gasteiger partial charge in [-0.15, -0.1) is 0 Å². The standard InChI is InChI=1S/C20H25N3O3S/c1-23(27(25,26)19-11-7-4-8-12-19)18-13-16(14-21-15-18)20(24)22-17-9-5-2-3-6-10-17/h4,7-8,11-15,17H,2-3,5-6,9-10H2,1H3,(H,22,24). The molecule has 1 aliphatic rings. The smallest absolute Gasteiger partial charge is 0.264 e. The lowest BCUT2D eigenvalue weighted by Crippen LogP contribution is -2.34. The summed E-state index contributed by atoms with van der Waals surface area (Å²) in [5.41, 5.74) is 0.722. The van der Waals surface area contributed by atoms with Crippen molar-refractivity contribution in [3.63, 3.8) is 0 Å². The summed E-state index contributed by atoms with van der Waals surface area (Å²) in [5, 5.41) is 3.06. The highest BCUT2D eigenvalue weighted by Crippen LogP contribution is 2.22. The van der Waals surface area contributed by atoms with Crippen LogP contribution in [0.3, 0.4) is 0 Å². The molecule has 1 N–H and O–H groups in total. The van der Waals surface area contributed by atoms with Gasteiger partial charge in [-0.25, -0.2) is 8.42 Å². The van der Waals surface area contributed by atoms with Crippen LogP contribution < -0.4 is 9.62 Å². The largest absolute Gasteiger partial charge is 0.349 e. The van der Waals surface area contributed by atoms with Gasteiger partial charge < -0.3 is 5.32 Å². The number of sulfonamides is 1. The molecule has 0 saturated heterocycles. The van der Waals surface area contributed by atoms with Crippen LogP contribution in [0.5, 0.6) is 0 Å². The maximum atomic E-state index is 12.8. The van der Waals surface area contributed by atoms with Crippen LogP contribution in [-0.2, 0) is 10.0 Å². The van der Waals surface area contributed by atoms with Crippen molar-refractivity contribution in [3.8, 4) is 0 Å². The number of amides is 1. The molecule has 2 aromatic rings. The summed E-state index contributed by atoms with van der Waals surface area (Å²) in [6.45, 7) is 0. The topological polar surface area (TPSA) is 79.4 Å². The molecule has 0 unspecified atom stereocenters. The number of hydrogen-bond donors (Lipinski definition) is 1. The van der Waals surface area contributed by atoms with E-state index in [1.54, 1.807) is 36.4 Å². The zero-order valence-electron chi connectivity index (χ0n) is 15.5. The van der Waals surface area contributed by atoms with Gasteiger partial charge in [0.05, 0.1) is 22.3 Å². The summed E-state index contributed by atoms with van der Waals surface area (Å²) in [7, 11) is -2.24. The van der Waals surface area contributed by atoms with Crippen molar-refractivity contribution in [2.45, 2.75) is 49.5 Å². The van der Waals surface area contributed by atoms with Crippen molar-refractivity contribution in [2.24, 2.45) is 0 Å². The predicted octanol–water partition coefficient (Wildman–Crippen LogP) is 3.36. The quantitative estimate of drug-likeness (QED) is 0.798. The Morgan fingerprint density at radius 3 is 2.41 bits per heavy atom. The van der Waals surface area contributed by atoms with Crippen molar-refractivity contribution in [1.82, 2.24) is 10.3 Å². The van der Waals surface area contributed by atoms with Gasteiger partial charge in [-0.05, 0) is 31.0 Å². The van der Waals surface area contributed by atoms with Gasteiger partial charge in [0.1, 0.15) is 0 Å². The second-order valence-corrected chi connectivity index (χ2v) is 8.85. The predicted molar refractivity (Wildman–Crippen MR) is 105 cm³/mol. The number of nitrogens with zero attached hydrogens (tertiary/aromatic N) is 2. The lowest BCUT2D eigenvalue weighted by molar-refractivity contribution is 0.0933. The van der Waals surface area contributed by atoms with Crippen molar-refractivity contribution >= 4 is 21.6 Å². The molecule has 0 atom stereocenters. The first-order chi connectivity index (χ1) is 13.0. The van der Waals surface area contributed by atoms with Crippen LogP contribution in [0.4, 0.5) is 5.69 Å². The summed E-state index contributed by atoms with van der Waals surface area (Å²) < 4.78 is 26.7. The summed E-state index contributed by atoms with van der Waals surface area (Å²) in [6, 6.07) is 9.95. The minimum absolute atomic E-state index is 0.175. The van der Waals surface area contributed by atoms with Crippen LogP contribution in [0.1, 0.15) is 48.9 Å². The van der Waals surface area contributed by atoms with Crippen molar-refractivity contribution in [1.29, 1.82) is 0 Å². The number of carbonyl (C=O) groups is 1. The van der Waals surface area contributed by atoms with Crippen LogP contribution in [0.2, 0.25) is 0 Å². The Morgan fingerprint density at radius 2 is 1.74 bits per heavy atom. The molecule has 144 valence electrons. The molecule has 1 aromatic carbocycles. The minimum atomic E-state index is -3.70. The molecule has 1 heterocycles. The van der Waals surface area contributed by atoms with Gasteiger partial charge in [-0.3, -0.25) is 14.1 Å². The summed E-state index contributed by atoms with van der Waals surface area (Å²) in [5.74, 6) is -0.207. The van der Waals surface area contributed by atoms with Crippen molar-refractivity contribution in [2.75, 3.05) is 11.4 Å². The van der Waals surface area contributed by atoms with Gasteiger partial charge >= 0.3 is 0 Å². The summed E-state index contributed by atoms with van der Waals surface area (Å²) in [6.07, 6.45) is 9.57. The number of aromatic nitrogens is 1. The van der Waals surface area contributed by atoms with E-state index in [1.165, 1.54) is 32.3 Å². The molecule has 1 amide bonds. The third kappa shape index (κ3) is 4.66. The molecule has 7 heteroatoms. The molecule has 1 aromatic heterocycles. The molecular formula is C20H25N3O3S. The van der Waals surface area contributed by atoms with E-state index in [4.69, 9.17) is 0 Å². The molecule has 1 saturated carbocycles. The fourth-order valence-electron chi connectivity index (χ4n) is 3.31. The summed E-state index contributed by atoms with van der Waals surface area (Å²) in [4.78, 5) is 16.9. The number of rotatable bonds is 5. The summed E-state index contributed by atoms with van der Waals surface area (Å²) >= 11 is 0. The van der Waals surface area contributed by atoms with Gasteiger partial charge in [0.15, 0.2) is 0 Å². The van der Waals surface area contributed by atoms with E-state index in [9.17, 15) is 13.2 Å². The highest BCUT2D eigenvalue weighted by atomic mass is 32.2. The number of nitrogens with one attached hydrogen (secondary N) is 1. The van der Waals surface area contributed by atoms with Crippen LogP contribution in [0.25, 0.3) is 0 Å². The van der Waals surface area contributed by atoms with Crippen LogP contribution in [0.15, 0.2) is 53.7 Å². The number of pyridine rings is 1. The first-order valence-corrected chi connectivity index (χ1v) is 10.7. The molecule has 27 heavy (non-hydrogen) atoms. The van der Waals surface area contributed by atoms with E-state index in [-0.39, 0.29) is 16.8 Å². The average molecular weight is 388 g/mol. The molecule has 1 aliphatic carbocycles. The Labute approximate surface area is 160 Å². The van der Waals surface area contributed by atoms with Crippen molar-refractivity contribution < 1.29 is 13.2 Å². The molecular weight excluding hydrogens is 362 g/mol. The van der Waals surface area contributed by atoms with E-state index in [0.717, 1.165) is 30.0 Å². The van der Waals surface area contributed by atoms with E-state index in [1.807, 2.05) is 0 Å². The van der Waals surface area contributed by atoms with E-state index in [2.05, 4.69) is 10.3 Å². The second-order valence-electron chi connectivity index (χ2n) is 6.88. The normalized spacial score (nSPS) is 15.7. The lowest BCUT2D eigenvalue weighted by Gasteiger charge is -2.20. The average Bonchev–Trinajstić information content (AvgIpc) is 2.97. The molecule has 3 rings (SSSR count). The molecule has 0 bridgehead atoms. The van der Waals surface area contributed by atoms with E-state index >= 15 is 0 Å². The van der Waals surface area contributed by atoms with E-state index < -0.39 is 10.0 Å². The monoisotopic (exact) mass is 387 g/mol. The molecule has 1 fully saturated rings.